The van der Waals surface area contributed by atoms with Crippen LogP contribution in [-0.2, 0) is 7.05 Å². The van der Waals surface area contributed by atoms with Crippen LogP contribution in [0.5, 0.6) is 0 Å². The van der Waals surface area contributed by atoms with Crippen LogP contribution in [0, 0.1) is 0 Å². The van der Waals surface area contributed by atoms with Crippen molar-refractivity contribution in [3.63, 3.8) is 0 Å². The zero-order chi connectivity index (χ0) is 20.2. The Kier molecular flexibility index (Phi) is 5.03. The number of carbonyl (C=O) groups is 1. The minimum absolute atomic E-state index is 0.0141. The fourth-order valence-corrected chi connectivity index (χ4v) is 2.89. The Balaban J connectivity index is 1.50. The summed E-state index contributed by atoms with van der Waals surface area (Å²) in [7, 11) is 1.61. The molecule has 0 atom stereocenters. The van der Waals surface area contributed by atoms with Gasteiger partial charge in [0, 0.05) is 42.2 Å². The number of ketones is 1. The molecule has 3 aromatic heterocycles. The van der Waals surface area contributed by atoms with Crippen LogP contribution in [-0.4, -0.2) is 26.9 Å². The average Bonchev–Trinajstić information content (AvgIpc) is 3.30. The van der Waals surface area contributed by atoms with Gasteiger partial charge >= 0.3 is 0 Å². The zero-order valence-electron chi connectivity index (χ0n) is 15.7. The maximum Gasteiger partial charge on any atom is 0.255 e. The number of pyridine rings is 1. The van der Waals surface area contributed by atoms with Gasteiger partial charge in [-0.3, -0.25) is 19.1 Å². The molecule has 0 saturated carbocycles. The highest BCUT2D eigenvalue weighted by atomic mass is 16.3. The molecule has 7 nitrogen and oxygen atoms in total. The van der Waals surface area contributed by atoms with Crippen molar-refractivity contribution in [3.8, 4) is 22.6 Å². The van der Waals surface area contributed by atoms with E-state index in [0.717, 1.165) is 16.9 Å². The number of furan rings is 1. The van der Waals surface area contributed by atoms with E-state index in [9.17, 15) is 9.59 Å². The highest BCUT2D eigenvalue weighted by Gasteiger charge is 2.11. The largest absolute Gasteiger partial charge is 0.464 e. The number of aromatic nitrogens is 3. The van der Waals surface area contributed by atoms with Crippen molar-refractivity contribution in [2.45, 2.75) is 0 Å². The van der Waals surface area contributed by atoms with Crippen LogP contribution < -0.4 is 10.9 Å². The predicted octanol–water partition coefficient (Wildman–Crippen LogP) is 3.40. The lowest BCUT2D eigenvalue weighted by Gasteiger charge is -2.11. The summed E-state index contributed by atoms with van der Waals surface area (Å²) < 4.78 is 6.73. The van der Waals surface area contributed by atoms with Crippen LogP contribution in [0.3, 0.4) is 0 Å². The summed E-state index contributed by atoms with van der Waals surface area (Å²) in [5.74, 6) is 0.957. The maximum atomic E-state index is 12.6. The molecule has 1 N–H and O–H groups in total. The van der Waals surface area contributed by atoms with Gasteiger partial charge in [-0.25, -0.2) is 4.98 Å². The third-order valence-electron chi connectivity index (χ3n) is 4.53. The van der Waals surface area contributed by atoms with Crippen LogP contribution >= 0.6 is 0 Å². The van der Waals surface area contributed by atoms with Gasteiger partial charge in [0.05, 0.1) is 18.5 Å². The molecule has 3 heterocycles. The Bertz CT molecular complexity index is 1180. The summed E-state index contributed by atoms with van der Waals surface area (Å²) in [5, 5.41) is 2.97. The molecule has 0 bridgehead atoms. The second kappa shape index (κ2) is 7.93. The molecule has 0 radical (unpaired) electrons. The fourth-order valence-electron chi connectivity index (χ4n) is 2.89. The van der Waals surface area contributed by atoms with E-state index in [1.807, 2.05) is 24.3 Å². The quantitative estimate of drug-likeness (QED) is 0.511. The van der Waals surface area contributed by atoms with E-state index in [1.54, 1.807) is 50.0 Å². The van der Waals surface area contributed by atoms with E-state index in [2.05, 4.69) is 15.3 Å². The van der Waals surface area contributed by atoms with Crippen molar-refractivity contribution in [3.05, 3.63) is 89.2 Å². The van der Waals surface area contributed by atoms with E-state index in [0.29, 0.717) is 17.2 Å². The van der Waals surface area contributed by atoms with Gasteiger partial charge in [0.1, 0.15) is 5.76 Å². The van der Waals surface area contributed by atoms with Gasteiger partial charge < -0.3 is 9.73 Å². The second-order valence-corrected chi connectivity index (χ2v) is 6.43. The van der Waals surface area contributed by atoms with E-state index < -0.39 is 0 Å². The molecule has 4 aromatic rings. The Morgan fingerprint density at radius 2 is 1.83 bits per heavy atom. The molecule has 0 saturated heterocycles. The van der Waals surface area contributed by atoms with Gasteiger partial charge in [-0.1, -0.05) is 24.3 Å². The molecule has 0 spiro atoms. The maximum absolute atomic E-state index is 12.6. The van der Waals surface area contributed by atoms with Gasteiger partial charge in [0.15, 0.2) is 5.78 Å². The third-order valence-corrected chi connectivity index (χ3v) is 4.53. The number of carbonyl (C=O) groups excluding carboxylic acids is 1. The first kappa shape index (κ1) is 18.4. The van der Waals surface area contributed by atoms with E-state index in [1.165, 1.54) is 10.6 Å². The molecule has 1 aromatic carbocycles. The van der Waals surface area contributed by atoms with Crippen molar-refractivity contribution < 1.29 is 9.21 Å². The Labute approximate surface area is 166 Å². The van der Waals surface area contributed by atoms with Crippen LogP contribution in [0.2, 0.25) is 0 Å². The Morgan fingerprint density at radius 3 is 2.52 bits per heavy atom. The number of hydrogen-bond donors (Lipinski definition) is 1. The molecule has 0 amide bonds. The number of rotatable bonds is 6. The van der Waals surface area contributed by atoms with E-state index >= 15 is 0 Å². The fraction of sp³-hybridized carbons (Fsp3) is 0.0909. The highest BCUT2D eigenvalue weighted by molar-refractivity contribution is 5.99. The molecule has 0 aliphatic carbocycles. The SMILES string of the molecule is Cn1c(NCC(=O)c2ccc(-c3ccco3)cc2)nc(-c2ccncc2)cc1=O. The first-order valence-corrected chi connectivity index (χ1v) is 9.01. The van der Waals surface area contributed by atoms with Crippen LogP contribution in [0.25, 0.3) is 22.6 Å². The van der Waals surface area contributed by atoms with Gasteiger partial charge in [0.25, 0.3) is 5.56 Å². The normalized spacial score (nSPS) is 10.7. The van der Waals surface area contributed by atoms with Gasteiger partial charge in [-0.2, -0.15) is 0 Å². The second-order valence-electron chi connectivity index (χ2n) is 6.43. The van der Waals surface area contributed by atoms with Crippen LogP contribution in [0.1, 0.15) is 10.4 Å². The van der Waals surface area contributed by atoms with Gasteiger partial charge in [-0.05, 0) is 24.3 Å². The summed E-state index contributed by atoms with van der Waals surface area (Å²) in [6.45, 7) is 0.0141. The van der Waals surface area contributed by atoms with Crippen molar-refractivity contribution in [1.82, 2.24) is 14.5 Å². The lowest BCUT2D eigenvalue weighted by atomic mass is 10.1. The number of anilines is 1. The molecule has 0 aliphatic rings. The highest BCUT2D eigenvalue weighted by Crippen LogP contribution is 2.20. The molecular weight excluding hydrogens is 368 g/mol. The number of nitrogens with one attached hydrogen (secondary N) is 1. The minimum atomic E-state index is -0.218. The molecule has 0 unspecified atom stereocenters. The van der Waals surface area contributed by atoms with Crippen molar-refractivity contribution in [2.75, 3.05) is 11.9 Å². The molecule has 144 valence electrons. The lowest BCUT2D eigenvalue weighted by molar-refractivity contribution is 0.101. The molecule has 0 aliphatic heterocycles. The summed E-state index contributed by atoms with van der Waals surface area (Å²) in [6.07, 6.45) is 4.88. The smallest absolute Gasteiger partial charge is 0.255 e. The van der Waals surface area contributed by atoms with Gasteiger partial charge in [0.2, 0.25) is 5.95 Å². The minimum Gasteiger partial charge on any atom is -0.464 e. The topological polar surface area (TPSA) is 90.0 Å². The summed E-state index contributed by atoms with van der Waals surface area (Å²) in [4.78, 5) is 33.3. The third kappa shape index (κ3) is 3.98. The number of nitrogens with zero attached hydrogens (tertiary/aromatic N) is 3. The summed E-state index contributed by atoms with van der Waals surface area (Å²) >= 11 is 0. The number of hydrogen-bond acceptors (Lipinski definition) is 6. The summed E-state index contributed by atoms with van der Waals surface area (Å²) in [5.41, 5.74) is 2.54. The molecule has 7 heteroatoms. The first-order chi connectivity index (χ1) is 14.1. The zero-order valence-corrected chi connectivity index (χ0v) is 15.7. The Hall–Kier alpha value is -4.00. The number of Topliss-reactive ketones (excluding diaryl/α,β-unsaturated/α-hetero) is 1. The average molecular weight is 386 g/mol. The first-order valence-electron chi connectivity index (χ1n) is 9.01. The van der Waals surface area contributed by atoms with Gasteiger partial charge in [-0.15, -0.1) is 0 Å². The van der Waals surface area contributed by atoms with Crippen LogP contribution in [0.4, 0.5) is 5.95 Å². The lowest BCUT2D eigenvalue weighted by Crippen LogP contribution is -2.24. The van der Waals surface area contributed by atoms with Crippen LogP contribution in [0.15, 0.2) is 82.5 Å². The van der Waals surface area contributed by atoms with E-state index in [-0.39, 0.29) is 17.9 Å². The van der Waals surface area contributed by atoms with Crippen molar-refractivity contribution in [2.24, 2.45) is 7.05 Å². The van der Waals surface area contributed by atoms with E-state index in [4.69, 9.17) is 4.42 Å². The predicted molar refractivity (Wildman–Crippen MR) is 110 cm³/mol. The Morgan fingerprint density at radius 1 is 1.07 bits per heavy atom. The monoisotopic (exact) mass is 386 g/mol. The number of benzene rings is 1. The summed E-state index contributed by atoms with van der Waals surface area (Å²) in [6, 6.07) is 15.9. The standard InChI is InChI=1S/C22H18N4O3/c1-26-21(28)13-18(15-8-10-23-11-9-15)25-22(26)24-14-19(27)16-4-6-17(7-5-16)20-3-2-12-29-20/h2-13H,14H2,1H3,(H,24,25). The van der Waals surface area contributed by atoms with Crippen molar-refractivity contribution >= 4 is 11.7 Å². The molecule has 4 rings (SSSR count). The molecule has 0 fully saturated rings. The molecule has 29 heavy (non-hydrogen) atoms. The molecular formula is C22H18N4O3. The van der Waals surface area contributed by atoms with Crippen molar-refractivity contribution in [1.29, 1.82) is 0 Å².